The number of carbonyl (C=O) groups is 2. The Morgan fingerprint density at radius 1 is 1.35 bits per heavy atom. The molecule has 120 valence electrons. The normalized spacial score (nSPS) is 13.7. The van der Waals surface area contributed by atoms with Crippen molar-refractivity contribution in [1.82, 2.24) is 9.97 Å². The molecule has 0 atom stereocenters. The first kappa shape index (κ1) is 15.4. The minimum absolute atomic E-state index is 0.181. The zero-order valence-corrected chi connectivity index (χ0v) is 14.0. The van der Waals surface area contributed by atoms with E-state index in [4.69, 9.17) is 0 Å². The Hall–Kier alpha value is -2.48. The van der Waals surface area contributed by atoms with Crippen LogP contribution in [0.5, 0.6) is 0 Å². The third-order valence-electron chi connectivity index (χ3n) is 3.55. The van der Waals surface area contributed by atoms with Gasteiger partial charge in [-0.05, 0) is 18.6 Å². The molecule has 7 nitrogen and oxygen atoms in total. The molecule has 1 N–H and O–H groups in total. The average molecular weight is 331 g/mol. The molecule has 3 heterocycles. The standard InChI is InChI=1S/C15H17N5O2S/c1-9-6-12-13(16-7-9)19(3)4-5-20(12)14(22)11-8-23-15(18-11)17-10(2)21/h6-8H,4-5H2,1-3H3,(H,17,18,21). The van der Waals surface area contributed by atoms with E-state index in [-0.39, 0.29) is 11.8 Å². The maximum Gasteiger partial charge on any atom is 0.277 e. The second kappa shape index (κ2) is 5.96. The molecule has 0 unspecified atom stereocenters. The van der Waals surface area contributed by atoms with E-state index >= 15 is 0 Å². The van der Waals surface area contributed by atoms with Crippen LogP contribution < -0.4 is 15.1 Å². The molecule has 2 amide bonds. The number of aromatic nitrogens is 2. The number of hydrogen-bond donors (Lipinski definition) is 1. The molecule has 0 aromatic carbocycles. The Kier molecular flexibility index (Phi) is 3.99. The van der Waals surface area contributed by atoms with Crippen molar-refractivity contribution in [3.05, 3.63) is 28.9 Å². The van der Waals surface area contributed by atoms with E-state index in [0.29, 0.717) is 23.9 Å². The number of pyridine rings is 1. The predicted molar refractivity (Wildman–Crippen MR) is 90.3 cm³/mol. The first-order valence-corrected chi connectivity index (χ1v) is 8.06. The summed E-state index contributed by atoms with van der Waals surface area (Å²) in [5.41, 5.74) is 2.11. The van der Waals surface area contributed by atoms with E-state index in [0.717, 1.165) is 17.1 Å². The summed E-state index contributed by atoms with van der Waals surface area (Å²) >= 11 is 1.24. The van der Waals surface area contributed by atoms with Gasteiger partial charge in [0.2, 0.25) is 5.91 Å². The summed E-state index contributed by atoms with van der Waals surface area (Å²) in [5, 5.41) is 4.69. The smallest absolute Gasteiger partial charge is 0.277 e. The van der Waals surface area contributed by atoms with Gasteiger partial charge in [-0.1, -0.05) is 0 Å². The van der Waals surface area contributed by atoms with E-state index < -0.39 is 0 Å². The highest BCUT2D eigenvalue weighted by atomic mass is 32.1. The summed E-state index contributed by atoms with van der Waals surface area (Å²) in [6.07, 6.45) is 1.79. The van der Waals surface area contributed by atoms with E-state index in [9.17, 15) is 9.59 Å². The van der Waals surface area contributed by atoms with Crippen LogP contribution in [0.25, 0.3) is 0 Å². The Labute approximate surface area is 138 Å². The first-order valence-electron chi connectivity index (χ1n) is 7.18. The topological polar surface area (TPSA) is 78.4 Å². The summed E-state index contributed by atoms with van der Waals surface area (Å²) in [4.78, 5) is 36.2. The summed E-state index contributed by atoms with van der Waals surface area (Å²) in [6.45, 7) is 4.63. The summed E-state index contributed by atoms with van der Waals surface area (Å²) < 4.78 is 0. The lowest BCUT2D eigenvalue weighted by Crippen LogP contribution is -2.43. The molecule has 0 saturated carbocycles. The van der Waals surface area contributed by atoms with Gasteiger partial charge in [0.05, 0.1) is 5.69 Å². The van der Waals surface area contributed by atoms with Crippen LogP contribution in [0.4, 0.5) is 16.6 Å². The van der Waals surface area contributed by atoms with Gasteiger partial charge in [-0.2, -0.15) is 0 Å². The van der Waals surface area contributed by atoms with Gasteiger partial charge in [-0.3, -0.25) is 9.59 Å². The second-order valence-corrected chi connectivity index (χ2v) is 6.31. The molecule has 2 aromatic heterocycles. The zero-order chi connectivity index (χ0) is 16.6. The van der Waals surface area contributed by atoms with Gasteiger partial charge in [0, 0.05) is 38.6 Å². The van der Waals surface area contributed by atoms with Crippen LogP contribution in [-0.4, -0.2) is 41.9 Å². The number of carbonyl (C=O) groups excluding carboxylic acids is 2. The average Bonchev–Trinajstić information content (AvgIpc) is 2.94. The van der Waals surface area contributed by atoms with Crippen LogP contribution in [0.3, 0.4) is 0 Å². The monoisotopic (exact) mass is 331 g/mol. The van der Waals surface area contributed by atoms with Crippen LogP contribution in [0.2, 0.25) is 0 Å². The molecule has 0 bridgehead atoms. The fourth-order valence-corrected chi connectivity index (χ4v) is 3.18. The van der Waals surface area contributed by atoms with Crippen molar-refractivity contribution in [3.8, 4) is 0 Å². The van der Waals surface area contributed by atoms with Gasteiger partial charge >= 0.3 is 0 Å². The molecule has 0 fully saturated rings. The van der Waals surface area contributed by atoms with Gasteiger partial charge in [0.15, 0.2) is 10.9 Å². The predicted octanol–water partition coefficient (Wildman–Crippen LogP) is 1.90. The highest BCUT2D eigenvalue weighted by molar-refractivity contribution is 7.14. The Morgan fingerprint density at radius 3 is 2.87 bits per heavy atom. The third kappa shape index (κ3) is 3.02. The molecule has 0 aliphatic carbocycles. The van der Waals surface area contributed by atoms with Crippen molar-refractivity contribution in [1.29, 1.82) is 0 Å². The van der Waals surface area contributed by atoms with Crippen molar-refractivity contribution in [2.24, 2.45) is 0 Å². The second-order valence-electron chi connectivity index (χ2n) is 5.45. The number of amides is 2. The molecule has 8 heteroatoms. The van der Waals surface area contributed by atoms with Crippen LogP contribution in [0.1, 0.15) is 23.0 Å². The van der Waals surface area contributed by atoms with Crippen molar-refractivity contribution in [2.75, 3.05) is 35.3 Å². The summed E-state index contributed by atoms with van der Waals surface area (Å²) in [5.74, 6) is 0.398. The third-order valence-corrected chi connectivity index (χ3v) is 4.30. The largest absolute Gasteiger partial charge is 0.356 e. The molecule has 23 heavy (non-hydrogen) atoms. The molecule has 1 aliphatic heterocycles. The minimum Gasteiger partial charge on any atom is -0.356 e. The number of anilines is 3. The fourth-order valence-electron chi connectivity index (χ4n) is 2.44. The number of nitrogens with zero attached hydrogens (tertiary/aromatic N) is 4. The van der Waals surface area contributed by atoms with E-state index in [1.165, 1.54) is 18.3 Å². The maximum atomic E-state index is 12.8. The lowest BCUT2D eigenvalue weighted by molar-refractivity contribution is -0.114. The zero-order valence-electron chi connectivity index (χ0n) is 13.2. The van der Waals surface area contributed by atoms with E-state index in [2.05, 4.69) is 15.3 Å². The van der Waals surface area contributed by atoms with Crippen LogP contribution >= 0.6 is 11.3 Å². The molecule has 1 aliphatic rings. The molecular weight excluding hydrogens is 314 g/mol. The van der Waals surface area contributed by atoms with Crippen molar-refractivity contribution in [3.63, 3.8) is 0 Å². The number of nitrogens with one attached hydrogen (secondary N) is 1. The maximum absolute atomic E-state index is 12.8. The van der Waals surface area contributed by atoms with Gasteiger partial charge in [-0.25, -0.2) is 9.97 Å². The van der Waals surface area contributed by atoms with Gasteiger partial charge in [-0.15, -0.1) is 11.3 Å². The van der Waals surface area contributed by atoms with Gasteiger partial charge in [0.1, 0.15) is 5.69 Å². The molecular formula is C15H17N5O2S. The lowest BCUT2D eigenvalue weighted by Gasteiger charge is -2.34. The number of aryl methyl sites for hydroxylation is 1. The molecule has 2 aromatic rings. The van der Waals surface area contributed by atoms with Crippen molar-refractivity contribution in [2.45, 2.75) is 13.8 Å². The van der Waals surface area contributed by atoms with Crippen LogP contribution in [0, 0.1) is 6.92 Å². The van der Waals surface area contributed by atoms with E-state index in [1.54, 1.807) is 16.5 Å². The van der Waals surface area contributed by atoms with Crippen molar-refractivity contribution >= 4 is 39.8 Å². The highest BCUT2D eigenvalue weighted by Crippen LogP contribution is 2.32. The first-order chi connectivity index (χ1) is 11.0. The highest BCUT2D eigenvalue weighted by Gasteiger charge is 2.28. The number of likely N-dealkylation sites (N-methyl/N-ethyl adjacent to an activating group) is 1. The Morgan fingerprint density at radius 2 is 2.13 bits per heavy atom. The van der Waals surface area contributed by atoms with E-state index in [1.807, 2.05) is 24.9 Å². The molecule has 3 rings (SSSR count). The lowest BCUT2D eigenvalue weighted by atomic mass is 10.2. The number of thiazole rings is 1. The summed E-state index contributed by atoms with van der Waals surface area (Å²) in [6, 6.07) is 1.96. The number of fused-ring (bicyclic) bond motifs is 1. The number of hydrogen-bond acceptors (Lipinski definition) is 6. The minimum atomic E-state index is -0.205. The molecule has 0 radical (unpaired) electrons. The van der Waals surface area contributed by atoms with Crippen LogP contribution in [0.15, 0.2) is 17.6 Å². The SMILES string of the molecule is CC(=O)Nc1nc(C(=O)N2CCN(C)c3ncc(C)cc32)cs1. The van der Waals surface area contributed by atoms with Crippen molar-refractivity contribution < 1.29 is 9.59 Å². The summed E-state index contributed by atoms with van der Waals surface area (Å²) in [7, 11) is 1.96. The quantitative estimate of drug-likeness (QED) is 0.909. The Bertz CT molecular complexity index is 773. The Balaban J connectivity index is 1.91. The number of rotatable bonds is 2. The van der Waals surface area contributed by atoms with Gasteiger partial charge < -0.3 is 15.1 Å². The fraction of sp³-hybridized carbons (Fsp3) is 0.333. The van der Waals surface area contributed by atoms with Gasteiger partial charge in [0.25, 0.3) is 5.91 Å². The molecule has 0 spiro atoms. The molecule has 0 saturated heterocycles. The van der Waals surface area contributed by atoms with Crippen LogP contribution in [-0.2, 0) is 4.79 Å².